The first-order valence-electron chi connectivity index (χ1n) is 7.33. The maximum absolute atomic E-state index is 11.9. The molecule has 1 fully saturated rings. The SMILES string of the molecule is CC(C)(C)C1CC(c2nc3c([nH]2)CCCNC3=O)NN1. The summed E-state index contributed by atoms with van der Waals surface area (Å²) in [5.74, 6) is 0.810. The molecule has 1 amide bonds. The number of fused-ring (bicyclic) bond motifs is 1. The monoisotopic (exact) mass is 277 g/mol. The molecule has 110 valence electrons. The molecule has 0 aliphatic carbocycles. The summed E-state index contributed by atoms with van der Waals surface area (Å²) < 4.78 is 0. The van der Waals surface area contributed by atoms with Crippen molar-refractivity contribution in [1.82, 2.24) is 26.1 Å². The molecule has 1 saturated heterocycles. The second-order valence-electron chi connectivity index (χ2n) is 6.80. The van der Waals surface area contributed by atoms with Crippen LogP contribution in [-0.2, 0) is 6.42 Å². The summed E-state index contributed by atoms with van der Waals surface area (Å²) in [5, 5.41) is 2.88. The van der Waals surface area contributed by atoms with Gasteiger partial charge in [0.2, 0.25) is 0 Å². The van der Waals surface area contributed by atoms with Crippen LogP contribution in [0, 0.1) is 5.41 Å². The van der Waals surface area contributed by atoms with Gasteiger partial charge >= 0.3 is 0 Å². The average Bonchev–Trinajstić information content (AvgIpc) is 2.97. The lowest BCUT2D eigenvalue weighted by molar-refractivity contribution is 0.0951. The summed E-state index contributed by atoms with van der Waals surface area (Å²) in [6, 6.07) is 0.533. The van der Waals surface area contributed by atoms with E-state index < -0.39 is 0 Å². The van der Waals surface area contributed by atoms with Crippen LogP contribution in [0.2, 0.25) is 0 Å². The highest BCUT2D eigenvalue weighted by Crippen LogP contribution is 2.31. The highest BCUT2D eigenvalue weighted by molar-refractivity contribution is 5.93. The van der Waals surface area contributed by atoms with E-state index in [4.69, 9.17) is 0 Å². The predicted octanol–water partition coefficient (Wildman–Crippen LogP) is 1.04. The second kappa shape index (κ2) is 4.86. The zero-order valence-electron chi connectivity index (χ0n) is 12.3. The van der Waals surface area contributed by atoms with Crippen molar-refractivity contribution in [2.24, 2.45) is 5.41 Å². The number of aromatic amines is 1. The zero-order valence-corrected chi connectivity index (χ0v) is 12.3. The maximum atomic E-state index is 11.9. The van der Waals surface area contributed by atoms with E-state index in [-0.39, 0.29) is 17.4 Å². The molecule has 4 N–H and O–H groups in total. The lowest BCUT2D eigenvalue weighted by Gasteiger charge is -2.25. The highest BCUT2D eigenvalue weighted by atomic mass is 16.1. The Morgan fingerprint density at radius 3 is 2.75 bits per heavy atom. The Balaban J connectivity index is 1.79. The minimum Gasteiger partial charge on any atom is -0.351 e. The molecular formula is C14H23N5O. The third-order valence-corrected chi connectivity index (χ3v) is 4.18. The number of imidazole rings is 1. The van der Waals surface area contributed by atoms with Crippen molar-refractivity contribution in [3.8, 4) is 0 Å². The molecule has 1 aromatic rings. The van der Waals surface area contributed by atoms with Crippen molar-refractivity contribution < 1.29 is 4.79 Å². The smallest absolute Gasteiger partial charge is 0.271 e. The van der Waals surface area contributed by atoms with Crippen molar-refractivity contribution in [2.75, 3.05) is 6.54 Å². The van der Waals surface area contributed by atoms with Gasteiger partial charge in [-0.2, -0.15) is 0 Å². The van der Waals surface area contributed by atoms with Gasteiger partial charge in [-0.1, -0.05) is 20.8 Å². The molecule has 2 unspecified atom stereocenters. The van der Waals surface area contributed by atoms with Gasteiger partial charge in [-0.15, -0.1) is 0 Å². The predicted molar refractivity (Wildman–Crippen MR) is 76.1 cm³/mol. The number of hydrazine groups is 1. The third kappa shape index (κ3) is 2.45. The summed E-state index contributed by atoms with van der Waals surface area (Å²) in [6.45, 7) is 7.40. The van der Waals surface area contributed by atoms with Crippen LogP contribution >= 0.6 is 0 Å². The first-order valence-corrected chi connectivity index (χ1v) is 7.33. The number of hydrogen-bond acceptors (Lipinski definition) is 4. The first kappa shape index (κ1) is 13.6. The number of nitrogens with zero attached hydrogens (tertiary/aromatic N) is 1. The molecule has 3 heterocycles. The number of aromatic nitrogens is 2. The molecule has 0 spiro atoms. The average molecular weight is 277 g/mol. The number of nitrogens with one attached hydrogen (secondary N) is 4. The van der Waals surface area contributed by atoms with Crippen LogP contribution in [0.15, 0.2) is 0 Å². The molecule has 2 aliphatic heterocycles. The van der Waals surface area contributed by atoms with Gasteiger partial charge in [-0.3, -0.25) is 10.2 Å². The van der Waals surface area contributed by atoms with Crippen LogP contribution in [0.3, 0.4) is 0 Å². The molecular weight excluding hydrogens is 254 g/mol. The molecule has 0 aromatic carbocycles. The molecule has 6 heteroatoms. The number of amides is 1. The van der Waals surface area contributed by atoms with E-state index in [1.807, 2.05) is 0 Å². The summed E-state index contributed by atoms with van der Waals surface area (Å²) >= 11 is 0. The van der Waals surface area contributed by atoms with E-state index in [0.29, 0.717) is 11.7 Å². The third-order valence-electron chi connectivity index (χ3n) is 4.18. The van der Waals surface area contributed by atoms with Crippen molar-refractivity contribution >= 4 is 5.91 Å². The lowest BCUT2D eigenvalue weighted by Crippen LogP contribution is -2.39. The minimum absolute atomic E-state index is 0.0571. The van der Waals surface area contributed by atoms with Gasteiger partial charge in [0.25, 0.3) is 5.91 Å². The van der Waals surface area contributed by atoms with Crippen LogP contribution in [-0.4, -0.2) is 28.5 Å². The Hall–Kier alpha value is -1.40. The van der Waals surface area contributed by atoms with Crippen LogP contribution in [0.5, 0.6) is 0 Å². The molecule has 0 bridgehead atoms. The summed E-state index contributed by atoms with van der Waals surface area (Å²) in [7, 11) is 0. The summed E-state index contributed by atoms with van der Waals surface area (Å²) in [4.78, 5) is 19.8. The van der Waals surface area contributed by atoms with Crippen molar-refractivity contribution in [3.05, 3.63) is 17.2 Å². The molecule has 3 rings (SSSR count). The summed E-state index contributed by atoms with van der Waals surface area (Å²) in [6.07, 6.45) is 2.81. The largest absolute Gasteiger partial charge is 0.351 e. The number of carbonyl (C=O) groups is 1. The first-order chi connectivity index (χ1) is 9.45. The molecule has 20 heavy (non-hydrogen) atoms. The van der Waals surface area contributed by atoms with E-state index in [9.17, 15) is 4.79 Å². The Bertz CT molecular complexity index is 516. The quantitative estimate of drug-likeness (QED) is 0.618. The fourth-order valence-corrected chi connectivity index (χ4v) is 2.82. The van der Waals surface area contributed by atoms with Crippen LogP contribution in [0.1, 0.15) is 61.7 Å². The van der Waals surface area contributed by atoms with Crippen LogP contribution in [0.25, 0.3) is 0 Å². The number of carbonyl (C=O) groups excluding carboxylic acids is 1. The fourth-order valence-electron chi connectivity index (χ4n) is 2.82. The van der Waals surface area contributed by atoms with Gasteiger partial charge < -0.3 is 10.3 Å². The number of aryl methyl sites for hydroxylation is 1. The molecule has 0 saturated carbocycles. The molecule has 2 aliphatic rings. The van der Waals surface area contributed by atoms with E-state index in [1.165, 1.54) is 0 Å². The summed E-state index contributed by atoms with van der Waals surface area (Å²) in [5.41, 5.74) is 8.37. The Morgan fingerprint density at radius 1 is 1.25 bits per heavy atom. The van der Waals surface area contributed by atoms with Gasteiger partial charge in [-0.05, 0) is 24.7 Å². The number of rotatable bonds is 1. The van der Waals surface area contributed by atoms with E-state index in [1.54, 1.807) is 0 Å². The van der Waals surface area contributed by atoms with Crippen LogP contribution < -0.4 is 16.2 Å². The van der Waals surface area contributed by atoms with Gasteiger partial charge in [0.1, 0.15) is 11.5 Å². The molecule has 6 nitrogen and oxygen atoms in total. The molecule has 1 aromatic heterocycles. The van der Waals surface area contributed by atoms with E-state index >= 15 is 0 Å². The molecule has 0 radical (unpaired) electrons. The standard InChI is InChI=1S/C14H23N5O/c1-14(2,3)10-7-9(18-19-10)12-16-8-5-4-6-15-13(20)11(8)17-12/h9-10,18-19H,4-7H2,1-3H3,(H,15,20)(H,16,17). The van der Waals surface area contributed by atoms with Crippen molar-refractivity contribution in [2.45, 2.75) is 52.1 Å². The highest BCUT2D eigenvalue weighted by Gasteiger charge is 2.35. The lowest BCUT2D eigenvalue weighted by atomic mass is 9.84. The topological polar surface area (TPSA) is 81.8 Å². The zero-order chi connectivity index (χ0) is 14.3. The van der Waals surface area contributed by atoms with Gasteiger partial charge in [0, 0.05) is 18.3 Å². The van der Waals surface area contributed by atoms with Crippen molar-refractivity contribution in [1.29, 1.82) is 0 Å². The van der Waals surface area contributed by atoms with E-state index in [0.717, 1.165) is 37.3 Å². The Morgan fingerprint density at radius 2 is 2.05 bits per heavy atom. The fraction of sp³-hybridized carbons (Fsp3) is 0.714. The Kier molecular flexibility index (Phi) is 3.30. The Labute approximate surface area is 119 Å². The number of hydrogen-bond donors (Lipinski definition) is 4. The number of H-pyrrole nitrogens is 1. The van der Waals surface area contributed by atoms with Gasteiger partial charge in [-0.25, -0.2) is 10.4 Å². The normalized spacial score (nSPS) is 27.1. The minimum atomic E-state index is -0.0571. The van der Waals surface area contributed by atoms with Crippen molar-refractivity contribution in [3.63, 3.8) is 0 Å². The molecule has 2 atom stereocenters. The van der Waals surface area contributed by atoms with Crippen LogP contribution in [0.4, 0.5) is 0 Å². The van der Waals surface area contributed by atoms with Gasteiger partial charge in [0.15, 0.2) is 0 Å². The maximum Gasteiger partial charge on any atom is 0.271 e. The second-order valence-corrected chi connectivity index (χ2v) is 6.80. The van der Waals surface area contributed by atoms with Gasteiger partial charge in [0.05, 0.1) is 6.04 Å². The van der Waals surface area contributed by atoms with E-state index in [2.05, 4.69) is 46.9 Å².